The predicted molar refractivity (Wildman–Crippen MR) is 128 cm³/mol. The van der Waals surface area contributed by atoms with E-state index in [1.54, 1.807) is 0 Å². The summed E-state index contributed by atoms with van der Waals surface area (Å²) in [4.78, 5) is 15.6. The van der Waals surface area contributed by atoms with Crippen LogP contribution in [0.15, 0.2) is 72.9 Å². The lowest BCUT2D eigenvalue weighted by atomic mass is 9.87. The zero-order valence-corrected chi connectivity index (χ0v) is 18.7. The third-order valence-corrected chi connectivity index (χ3v) is 6.96. The number of aromatic nitrogens is 1. The van der Waals surface area contributed by atoms with E-state index >= 15 is 0 Å². The Labute approximate surface area is 193 Å². The van der Waals surface area contributed by atoms with Crippen molar-refractivity contribution in [2.24, 2.45) is 7.05 Å². The van der Waals surface area contributed by atoms with E-state index in [0.717, 1.165) is 41.1 Å². The number of para-hydroxylation sites is 1. The molecule has 33 heavy (non-hydrogen) atoms. The number of amides is 1. The number of hydrogen-bond acceptors (Lipinski definition) is 3. The number of rotatable bonds is 4. The molecule has 3 heterocycles. The fourth-order valence-corrected chi connectivity index (χ4v) is 5.20. The molecule has 3 aromatic carbocycles. The fraction of sp³-hybridized carbons (Fsp3) is 0.250. The molecule has 0 N–H and O–H groups in total. The zero-order chi connectivity index (χ0) is 22.4. The minimum atomic E-state index is -0.0738. The smallest absolute Gasteiger partial charge is 0.231 e. The molecule has 0 saturated heterocycles. The van der Waals surface area contributed by atoms with Crippen molar-refractivity contribution in [2.75, 3.05) is 13.3 Å². The molecular formula is C28H26N2O3. The number of aryl methyl sites for hydroxylation is 1. The van der Waals surface area contributed by atoms with Gasteiger partial charge in [0, 0.05) is 49.6 Å². The van der Waals surface area contributed by atoms with Gasteiger partial charge in [0.2, 0.25) is 12.7 Å². The minimum absolute atomic E-state index is 0.0738. The molecule has 0 fully saturated rings. The molecule has 0 saturated carbocycles. The average Bonchev–Trinajstić information content (AvgIpc) is 3.46. The van der Waals surface area contributed by atoms with E-state index in [9.17, 15) is 4.79 Å². The van der Waals surface area contributed by atoms with E-state index in [1.165, 1.54) is 16.5 Å². The average molecular weight is 439 g/mol. The van der Waals surface area contributed by atoms with Gasteiger partial charge in [0.15, 0.2) is 11.5 Å². The Bertz CT molecular complexity index is 1360. The third-order valence-electron chi connectivity index (χ3n) is 6.96. The van der Waals surface area contributed by atoms with Crippen molar-refractivity contribution in [2.45, 2.75) is 25.3 Å². The van der Waals surface area contributed by atoms with Gasteiger partial charge in [-0.05, 0) is 46.9 Å². The molecule has 0 radical (unpaired) electrons. The van der Waals surface area contributed by atoms with E-state index in [4.69, 9.17) is 9.47 Å². The molecule has 0 bridgehead atoms. The highest BCUT2D eigenvalue weighted by Crippen LogP contribution is 2.40. The van der Waals surface area contributed by atoms with Crippen LogP contribution < -0.4 is 9.47 Å². The lowest BCUT2D eigenvalue weighted by Crippen LogP contribution is -2.36. The van der Waals surface area contributed by atoms with Crippen LogP contribution in [0.5, 0.6) is 11.5 Å². The molecule has 5 heteroatoms. The third kappa shape index (κ3) is 3.54. The minimum Gasteiger partial charge on any atom is -0.454 e. The van der Waals surface area contributed by atoms with Gasteiger partial charge in [0.05, 0.1) is 0 Å². The van der Waals surface area contributed by atoms with Crippen molar-refractivity contribution in [3.05, 3.63) is 95.2 Å². The molecule has 1 aromatic heterocycles. The van der Waals surface area contributed by atoms with Crippen molar-refractivity contribution >= 4 is 16.8 Å². The standard InChI is InChI=1S/C28H26N2O3/c1-29-17-24(22-8-4-5-9-25(22)29)23(20-10-11-26-27(14-20)33-18-32-26)15-28(31)30-13-12-19-6-2-3-7-21(19)16-30/h2-11,14,17,23H,12-13,15-16,18H2,1H3. The van der Waals surface area contributed by atoms with Gasteiger partial charge in [0.1, 0.15) is 0 Å². The summed E-state index contributed by atoms with van der Waals surface area (Å²) in [7, 11) is 2.06. The zero-order valence-electron chi connectivity index (χ0n) is 18.7. The fourth-order valence-electron chi connectivity index (χ4n) is 5.20. The largest absolute Gasteiger partial charge is 0.454 e. The van der Waals surface area contributed by atoms with Crippen LogP contribution >= 0.6 is 0 Å². The van der Waals surface area contributed by atoms with Crippen LogP contribution in [0.25, 0.3) is 10.9 Å². The number of ether oxygens (including phenoxy) is 2. The van der Waals surface area contributed by atoms with Crippen LogP contribution in [0.1, 0.15) is 34.6 Å². The van der Waals surface area contributed by atoms with Crippen molar-refractivity contribution in [1.29, 1.82) is 0 Å². The van der Waals surface area contributed by atoms with E-state index in [1.807, 2.05) is 17.0 Å². The quantitative estimate of drug-likeness (QED) is 0.450. The van der Waals surface area contributed by atoms with Crippen molar-refractivity contribution in [3.8, 4) is 11.5 Å². The van der Waals surface area contributed by atoms with Crippen LogP contribution in [-0.4, -0.2) is 28.7 Å². The summed E-state index contributed by atoms with van der Waals surface area (Å²) in [6.07, 6.45) is 3.49. The molecule has 5 nitrogen and oxygen atoms in total. The first-order valence-electron chi connectivity index (χ1n) is 11.5. The summed E-state index contributed by atoms with van der Waals surface area (Å²) < 4.78 is 13.3. The number of nitrogens with zero attached hydrogens (tertiary/aromatic N) is 2. The van der Waals surface area contributed by atoms with Crippen LogP contribution in [0.4, 0.5) is 0 Å². The SMILES string of the molecule is Cn1cc(C(CC(=O)N2CCc3ccccc3C2)c2ccc3c(c2)OCO3)c2ccccc21. The molecule has 4 aromatic rings. The Morgan fingerprint density at radius 3 is 2.67 bits per heavy atom. The lowest BCUT2D eigenvalue weighted by molar-refractivity contribution is -0.132. The van der Waals surface area contributed by atoms with Gasteiger partial charge in [-0.3, -0.25) is 4.79 Å². The molecule has 1 unspecified atom stereocenters. The second-order valence-electron chi connectivity index (χ2n) is 8.92. The second-order valence-corrected chi connectivity index (χ2v) is 8.92. The van der Waals surface area contributed by atoms with E-state index < -0.39 is 0 Å². The number of carbonyl (C=O) groups is 1. The van der Waals surface area contributed by atoms with Gasteiger partial charge >= 0.3 is 0 Å². The Kier molecular flexibility index (Phi) is 4.83. The van der Waals surface area contributed by atoms with E-state index in [2.05, 4.69) is 72.4 Å². The first kappa shape index (κ1) is 19.9. The van der Waals surface area contributed by atoms with Gasteiger partial charge in [-0.15, -0.1) is 0 Å². The topological polar surface area (TPSA) is 43.7 Å². The van der Waals surface area contributed by atoms with Crippen LogP contribution in [0.2, 0.25) is 0 Å². The maximum atomic E-state index is 13.6. The highest BCUT2D eigenvalue weighted by Gasteiger charge is 2.28. The highest BCUT2D eigenvalue weighted by molar-refractivity contribution is 5.86. The Hall–Kier alpha value is -3.73. The summed E-state index contributed by atoms with van der Waals surface area (Å²) in [6, 6.07) is 22.9. The Morgan fingerprint density at radius 2 is 1.76 bits per heavy atom. The van der Waals surface area contributed by atoms with Crippen LogP contribution in [0.3, 0.4) is 0 Å². The van der Waals surface area contributed by atoms with E-state index in [0.29, 0.717) is 13.0 Å². The van der Waals surface area contributed by atoms with Crippen LogP contribution in [0, 0.1) is 0 Å². The summed E-state index contributed by atoms with van der Waals surface area (Å²) in [6.45, 7) is 1.68. The van der Waals surface area contributed by atoms with Gasteiger partial charge in [-0.2, -0.15) is 0 Å². The summed E-state index contributed by atoms with van der Waals surface area (Å²) in [5, 5.41) is 1.18. The lowest BCUT2D eigenvalue weighted by Gasteiger charge is -2.30. The number of benzene rings is 3. The maximum Gasteiger partial charge on any atom is 0.231 e. The Balaban J connectivity index is 1.37. The molecular weight excluding hydrogens is 412 g/mol. The van der Waals surface area contributed by atoms with Gasteiger partial charge < -0.3 is 18.9 Å². The molecule has 0 spiro atoms. The number of carbonyl (C=O) groups excluding carboxylic acids is 1. The molecule has 2 aliphatic heterocycles. The monoisotopic (exact) mass is 438 g/mol. The van der Waals surface area contributed by atoms with E-state index in [-0.39, 0.29) is 18.6 Å². The first-order valence-corrected chi connectivity index (χ1v) is 11.5. The molecule has 6 rings (SSSR count). The Morgan fingerprint density at radius 1 is 0.970 bits per heavy atom. The summed E-state index contributed by atoms with van der Waals surface area (Å²) in [5.41, 5.74) is 6.00. The van der Waals surface area contributed by atoms with Crippen molar-refractivity contribution < 1.29 is 14.3 Å². The number of fused-ring (bicyclic) bond motifs is 3. The summed E-state index contributed by atoms with van der Waals surface area (Å²) in [5.74, 6) is 1.61. The van der Waals surface area contributed by atoms with Crippen LogP contribution in [-0.2, 0) is 24.8 Å². The molecule has 1 atom stereocenters. The predicted octanol–water partition coefficient (Wildman–Crippen LogP) is 5.01. The van der Waals surface area contributed by atoms with Gasteiger partial charge in [-0.25, -0.2) is 0 Å². The van der Waals surface area contributed by atoms with Gasteiger partial charge in [0.25, 0.3) is 0 Å². The summed E-state index contributed by atoms with van der Waals surface area (Å²) >= 11 is 0. The van der Waals surface area contributed by atoms with Crippen molar-refractivity contribution in [3.63, 3.8) is 0 Å². The molecule has 0 aliphatic carbocycles. The maximum absolute atomic E-state index is 13.6. The second kappa shape index (κ2) is 8.00. The van der Waals surface area contributed by atoms with Gasteiger partial charge in [-0.1, -0.05) is 48.5 Å². The molecule has 1 amide bonds. The highest BCUT2D eigenvalue weighted by atomic mass is 16.7. The first-order chi connectivity index (χ1) is 16.2. The normalized spacial score (nSPS) is 15.5. The number of hydrogen-bond donors (Lipinski definition) is 0. The molecule has 166 valence electrons. The molecule has 2 aliphatic rings. The van der Waals surface area contributed by atoms with Crippen molar-refractivity contribution in [1.82, 2.24) is 9.47 Å².